The Morgan fingerprint density at radius 2 is 2.06 bits per heavy atom. The first-order chi connectivity index (χ1) is 7.81. The predicted octanol–water partition coefficient (Wildman–Crippen LogP) is 1.20. The summed E-state index contributed by atoms with van der Waals surface area (Å²) in [4.78, 5) is 0. The van der Waals surface area contributed by atoms with Crippen LogP contribution in [0.2, 0.25) is 0 Å². The van der Waals surface area contributed by atoms with Crippen molar-refractivity contribution in [3.63, 3.8) is 0 Å². The van der Waals surface area contributed by atoms with Crippen molar-refractivity contribution in [1.29, 1.82) is 0 Å². The van der Waals surface area contributed by atoms with Gasteiger partial charge in [-0.3, -0.25) is 4.68 Å². The molecule has 3 rings (SSSR count). The molecule has 88 valence electrons. The number of hydrogen-bond donors (Lipinski definition) is 0. The van der Waals surface area contributed by atoms with Crippen molar-refractivity contribution >= 4 is 0 Å². The molecular weight excluding hydrogens is 202 g/mol. The van der Waals surface area contributed by atoms with Crippen molar-refractivity contribution in [2.24, 2.45) is 24.8 Å². The third kappa shape index (κ3) is 1.56. The van der Waals surface area contributed by atoms with Crippen LogP contribution in [0.5, 0.6) is 0 Å². The molecule has 0 aromatic carbocycles. The summed E-state index contributed by atoms with van der Waals surface area (Å²) in [7, 11) is 3.82. The van der Waals surface area contributed by atoms with E-state index in [0.717, 1.165) is 37.2 Å². The number of nitrogens with zero attached hydrogens (tertiary/aromatic N) is 3. The van der Waals surface area contributed by atoms with E-state index < -0.39 is 0 Å². The van der Waals surface area contributed by atoms with Gasteiger partial charge in [0, 0.05) is 20.8 Å². The molecule has 1 saturated carbocycles. The van der Waals surface area contributed by atoms with E-state index in [1.54, 1.807) is 0 Å². The average Bonchev–Trinajstić information content (AvgIpc) is 2.76. The second-order valence-corrected chi connectivity index (χ2v) is 5.13. The molecule has 1 aromatic heterocycles. The highest BCUT2D eigenvalue weighted by Crippen LogP contribution is 2.52. The lowest BCUT2D eigenvalue weighted by atomic mass is 10.0. The fourth-order valence-electron chi connectivity index (χ4n) is 3.35. The second-order valence-electron chi connectivity index (χ2n) is 5.13. The molecule has 1 heterocycles. The Morgan fingerprint density at radius 3 is 2.81 bits per heavy atom. The van der Waals surface area contributed by atoms with Gasteiger partial charge in [-0.15, -0.1) is 5.10 Å². The molecule has 4 nitrogen and oxygen atoms in total. The third-order valence-corrected chi connectivity index (χ3v) is 4.32. The van der Waals surface area contributed by atoms with Crippen LogP contribution >= 0.6 is 0 Å². The van der Waals surface area contributed by atoms with Crippen molar-refractivity contribution < 1.29 is 4.74 Å². The van der Waals surface area contributed by atoms with E-state index in [9.17, 15) is 0 Å². The van der Waals surface area contributed by atoms with Gasteiger partial charge in [-0.1, -0.05) is 5.21 Å². The Hall–Kier alpha value is -0.900. The van der Waals surface area contributed by atoms with E-state index in [1.165, 1.54) is 24.2 Å². The van der Waals surface area contributed by atoms with Gasteiger partial charge in [0.15, 0.2) is 0 Å². The van der Waals surface area contributed by atoms with Gasteiger partial charge in [-0.2, -0.15) is 0 Å². The van der Waals surface area contributed by atoms with Crippen LogP contribution in [0.4, 0.5) is 0 Å². The van der Waals surface area contributed by atoms with E-state index in [1.807, 2.05) is 18.8 Å². The molecule has 2 aliphatic rings. The van der Waals surface area contributed by atoms with Crippen molar-refractivity contribution in [3.05, 3.63) is 11.4 Å². The molecule has 0 N–H and O–H groups in total. The van der Waals surface area contributed by atoms with Gasteiger partial charge in [-0.05, 0) is 43.4 Å². The molecule has 0 spiro atoms. The summed E-state index contributed by atoms with van der Waals surface area (Å²) in [5.74, 6) is 2.59. The molecule has 0 aliphatic heterocycles. The van der Waals surface area contributed by atoms with Crippen LogP contribution in [-0.2, 0) is 24.6 Å². The van der Waals surface area contributed by atoms with Gasteiger partial charge < -0.3 is 4.74 Å². The summed E-state index contributed by atoms with van der Waals surface area (Å²) in [6.07, 6.45) is 4.79. The van der Waals surface area contributed by atoms with E-state index >= 15 is 0 Å². The summed E-state index contributed by atoms with van der Waals surface area (Å²) < 4.78 is 7.24. The normalized spacial score (nSPS) is 32.5. The molecule has 0 bridgehead atoms. The Bertz CT molecular complexity index is 388. The van der Waals surface area contributed by atoms with Gasteiger partial charge in [0.25, 0.3) is 0 Å². The van der Waals surface area contributed by atoms with E-state index in [2.05, 4.69) is 10.3 Å². The van der Waals surface area contributed by atoms with E-state index in [4.69, 9.17) is 4.74 Å². The SMILES string of the molecule is COC[C@@H]1C2CCc3nnn(C)c3CCC21. The van der Waals surface area contributed by atoms with Crippen LogP contribution in [0.3, 0.4) is 0 Å². The molecule has 1 aromatic rings. The summed E-state index contributed by atoms with van der Waals surface area (Å²) in [5, 5.41) is 8.38. The Balaban J connectivity index is 1.73. The van der Waals surface area contributed by atoms with Crippen LogP contribution in [-0.4, -0.2) is 28.7 Å². The molecule has 0 saturated heterocycles. The van der Waals surface area contributed by atoms with Crippen LogP contribution in [0.15, 0.2) is 0 Å². The number of rotatable bonds is 2. The maximum absolute atomic E-state index is 5.29. The number of fused-ring (bicyclic) bond motifs is 2. The first-order valence-corrected chi connectivity index (χ1v) is 6.17. The predicted molar refractivity (Wildman–Crippen MR) is 60.0 cm³/mol. The van der Waals surface area contributed by atoms with Gasteiger partial charge >= 0.3 is 0 Å². The van der Waals surface area contributed by atoms with E-state index in [0.29, 0.717) is 0 Å². The first-order valence-electron chi connectivity index (χ1n) is 6.17. The highest BCUT2D eigenvalue weighted by molar-refractivity contribution is 5.14. The molecule has 2 aliphatic carbocycles. The van der Waals surface area contributed by atoms with Crippen molar-refractivity contribution in [2.45, 2.75) is 25.7 Å². The zero-order chi connectivity index (χ0) is 11.1. The summed E-state index contributed by atoms with van der Waals surface area (Å²) in [6.45, 7) is 0.942. The minimum absolute atomic E-state index is 0.812. The standard InChI is InChI=1S/C12H19N3O/c1-15-12-6-4-9-8(10(9)7-16-2)3-5-11(12)13-14-15/h8-10H,3-7H2,1-2H3/t8?,9?,10-/m1/s1. The minimum Gasteiger partial charge on any atom is -0.384 e. The van der Waals surface area contributed by atoms with Crippen molar-refractivity contribution in [2.75, 3.05) is 13.7 Å². The van der Waals surface area contributed by atoms with Crippen molar-refractivity contribution in [1.82, 2.24) is 15.0 Å². The summed E-state index contributed by atoms with van der Waals surface area (Å²) >= 11 is 0. The first kappa shape index (κ1) is 10.3. The number of aryl methyl sites for hydroxylation is 2. The lowest BCUT2D eigenvalue weighted by Gasteiger charge is -2.07. The fraction of sp³-hybridized carbons (Fsp3) is 0.833. The summed E-state index contributed by atoms with van der Waals surface area (Å²) in [5.41, 5.74) is 2.57. The quantitative estimate of drug-likeness (QED) is 0.753. The zero-order valence-corrected chi connectivity index (χ0v) is 10.0. The maximum atomic E-state index is 5.29. The molecule has 16 heavy (non-hydrogen) atoms. The fourth-order valence-corrected chi connectivity index (χ4v) is 3.35. The average molecular weight is 221 g/mol. The third-order valence-electron chi connectivity index (χ3n) is 4.32. The Labute approximate surface area is 96.0 Å². The van der Waals surface area contributed by atoms with Crippen LogP contribution in [0, 0.1) is 17.8 Å². The molecule has 1 fully saturated rings. The van der Waals surface area contributed by atoms with Crippen LogP contribution < -0.4 is 0 Å². The lowest BCUT2D eigenvalue weighted by molar-refractivity contribution is 0.176. The highest BCUT2D eigenvalue weighted by atomic mass is 16.5. The number of hydrogen-bond acceptors (Lipinski definition) is 3. The lowest BCUT2D eigenvalue weighted by Crippen LogP contribution is -2.04. The largest absolute Gasteiger partial charge is 0.384 e. The smallest absolute Gasteiger partial charge is 0.0859 e. The molecule has 2 unspecified atom stereocenters. The minimum atomic E-state index is 0.812. The molecule has 4 heteroatoms. The number of aromatic nitrogens is 3. The Kier molecular flexibility index (Phi) is 2.46. The van der Waals surface area contributed by atoms with Crippen LogP contribution in [0.1, 0.15) is 24.2 Å². The number of ether oxygens (including phenoxy) is 1. The maximum Gasteiger partial charge on any atom is 0.0859 e. The van der Waals surface area contributed by atoms with E-state index in [-0.39, 0.29) is 0 Å². The number of methoxy groups -OCH3 is 1. The molecule has 0 amide bonds. The van der Waals surface area contributed by atoms with Gasteiger partial charge in [0.2, 0.25) is 0 Å². The highest BCUT2D eigenvalue weighted by Gasteiger charge is 2.49. The van der Waals surface area contributed by atoms with Crippen molar-refractivity contribution in [3.8, 4) is 0 Å². The van der Waals surface area contributed by atoms with Gasteiger partial charge in [-0.25, -0.2) is 0 Å². The zero-order valence-electron chi connectivity index (χ0n) is 10.0. The topological polar surface area (TPSA) is 39.9 Å². The summed E-state index contributed by atoms with van der Waals surface area (Å²) in [6, 6.07) is 0. The molecule has 0 radical (unpaired) electrons. The molecular formula is C12H19N3O. The van der Waals surface area contributed by atoms with Gasteiger partial charge in [0.1, 0.15) is 0 Å². The van der Waals surface area contributed by atoms with Crippen LogP contribution in [0.25, 0.3) is 0 Å². The second kappa shape index (κ2) is 3.84. The van der Waals surface area contributed by atoms with Gasteiger partial charge in [0.05, 0.1) is 11.4 Å². The monoisotopic (exact) mass is 221 g/mol. The Morgan fingerprint density at radius 1 is 1.31 bits per heavy atom. The molecule has 3 atom stereocenters.